The lowest BCUT2D eigenvalue weighted by Crippen LogP contribution is -2.46. The normalized spacial score (nSPS) is 13.6. The summed E-state index contributed by atoms with van der Waals surface area (Å²) in [5, 5.41) is 10.9. The Labute approximate surface area is 99.3 Å². The molecule has 2 atom stereocenters. The Morgan fingerprint density at radius 2 is 2.00 bits per heavy atom. The highest BCUT2D eigenvalue weighted by Crippen LogP contribution is 1.93. The van der Waals surface area contributed by atoms with Crippen LogP contribution >= 0.6 is 0 Å². The molecule has 4 N–H and O–H groups in total. The molecule has 0 aromatic heterocycles. The maximum atomic E-state index is 11.4. The van der Waals surface area contributed by atoms with Gasteiger partial charge in [-0.05, 0) is 6.92 Å². The lowest BCUT2D eigenvalue weighted by molar-refractivity contribution is -0.144. The van der Waals surface area contributed by atoms with Gasteiger partial charge in [-0.2, -0.15) is 0 Å². The van der Waals surface area contributed by atoms with Crippen molar-refractivity contribution in [1.82, 2.24) is 5.32 Å². The summed E-state index contributed by atoms with van der Waals surface area (Å²) >= 11 is 0. The van der Waals surface area contributed by atoms with E-state index in [0.29, 0.717) is 0 Å². The van der Waals surface area contributed by atoms with Crippen molar-refractivity contribution in [3.8, 4) is 0 Å². The molecule has 17 heavy (non-hydrogen) atoms. The van der Waals surface area contributed by atoms with E-state index in [1.165, 1.54) is 0 Å². The predicted molar refractivity (Wildman–Crippen MR) is 59.1 cm³/mol. The Bertz CT molecular complexity index is 292. The highest BCUT2D eigenvalue weighted by molar-refractivity contribution is 5.86. The fourth-order valence-corrected chi connectivity index (χ4v) is 0.992. The number of hydrogen-bond acceptors (Lipinski definition) is 5. The van der Waals surface area contributed by atoms with E-state index in [1.807, 2.05) is 0 Å². The second-order valence-corrected chi connectivity index (χ2v) is 3.65. The van der Waals surface area contributed by atoms with Gasteiger partial charge in [0.2, 0.25) is 5.91 Å². The van der Waals surface area contributed by atoms with Crippen LogP contribution in [-0.4, -0.2) is 41.6 Å². The van der Waals surface area contributed by atoms with E-state index < -0.39 is 30.4 Å². The van der Waals surface area contributed by atoms with Gasteiger partial charge in [-0.1, -0.05) is 6.92 Å². The van der Waals surface area contributed by atoms with E-state index in [9.17, 15) is 14.4 Å². The number of nitrogens with two attached hydrogens (primary N) is 1. The number of carboxylic acid groups (broad SMARTS) is 1. The molecular weight excluding hydrogens is 228 g/mol. The minimum atomic E-state index is -1.14. The largest absolute Gasteiger partial charge is 0.481 e. The van der Waals surface area contributed by atoms with Crippen LogP contribution in [0.2, 0.25) is 0 Å². The summed E-state index contributed by atoms with van der Waals surface area (Å²) in [4.78, 5) is 32.5. The van der Waals surface area contributed by atoms with Crippen molar-refractivity contribution in [3.05, 3.63) is 0 Å². The number of ether oxygens (including phenoxy) is 1. The number of amides is 1. The Kier molecular flexibility index (Phi) is 6.88. The highest BCUT2D eigenvalue weighted by atomic mass is 16.5. The summed E-state index contributed by atoms with van der Waals surface area (Å²) in [7, 11) is 0. The molecule has 7 heteroatoms. The van der Waals surface area contributed by atoms with Gasteiger partial charge in [0.15, 0.2) is 0 Å². The van der Waals surface area contributed by atoms with Crippen LogP contribution in [0.25, 0.3) is 0 Å². The Hall–Kier alpha value is -1.63. The van der Waals surface area contributed by atoms with Crippen molar-refractivity contribution >= 4 is 17.8 Å². The van der Waals surface area contributed by atoms with Crippen LogP contribution in [0.1, 0.15) is 26.7 Å². The molecule has 98 valence electrons. The summed E-state index contributed by atoms with van der Waals surface area (Å²) in [6.45, 7) is 3.33. The molecule has 0 aromatic rings. The molecule has 0 bridgehead atoms. The van der Waals surface area contributed by atoms with Gasteiger partial charge in [-0.25, -0.2) is 0 Å². The van der Waals surface area contributed by atoms with Gasteiger partial charge in [-0.15, -0.1) is 0 Å². The number of esters is 1. The van der Waals surface area contributed by atoms with Crippen molar-refractivity contribution in [2.24, 2.45) is 5.73 Å². The average molecular weight is 246 g/mol. The first-order valence-corrected chi connectivity index (χ1v) is 5.30. The van der Waals surface area contributed by atoms with Gasteiger partial charge in [0.25, 0.3) is 0 Å². The molecule has 0 aromatic carbocycles. The van der Waals surface area contributed by atoms with E-state index in [0.717, 1.165) is 0 Å². The molecule has 0 spiro atoms. The van der Waals surface area contributed by atoms with Gasteiger partial charge in [0, 0.05) is 6.42 Å². The minimum Gasteiger partial charge on any atom is -0.481 e. The molecule has 0 heterocycles. The Morgan fingerprint density at radius 1 is 1.41 bits per heavy atom. The van der Waals surface area contributed by atoms with Crippen molar-refractivity contribution in [3.63, 3.8) is 0 Å². The summed E-state index contributed by atoms with van der Waals surface area (Å²) in [5.74, 6) is -2.08. The van der Waals surface area contributed by atoms with Crippen molar-refractivity contribution in [1.29, 1.82) is 0 Å². The molecular formula is C10H18N2O5. The second kappa shape index (κ2) is 7.61. The van der Waals surface area contributed by atoms with E-state index >= 15 is 0 Å². The third-order valence-electron chi connectivity index (χ3n) is 1.90. The smallest absolute Gasteiger partial charge is 0.305 e. The zero-order valence-corrected chi connectivity index (χ0v) is 9.93. The number of hydrogen-bond donors (Lipinski definition) is 3. The van der Waals surface area contributed by atoms with Crippen LogP contribution in [0, 0.1) is 0 Å². The molecule has 7 nitrogen and oxygen atoms in total. The van der Waals surface area contributed by atoms with Gasteiger partial charge in [0.05, 0.1) is 18.5 Å². The van der Waals surface area contributed by atoms with E-state index in [1.54, 1.807) is 13.8 Å². The quantitative estimate of drug-likeness (QED) is 0.508. The lowest BCUT2D eigenvalue weighted by atomic mass is 10.2. The molecule has 0 aliphatic carbocycles. The van der Waals surface area contributed by atoms with Crippen molar-refractivity contribution in [2.45, 2.75) is 38.8 Å². The third kappa shape index (κ3) is 7.29. The van der Waals surface area contributed by atoms with Crippen LogP contribution in [-0.2, 0) is 19.1 Å². The van der Waals surface area contributed by atoms with Gasteiger partial charge in [-0.3, -0.25) is 14.4 Å². The monoisotopic (exact) mass is 246 g/mol. The molecule has 1 amide bonds. The summed E-state index contributed by atoms with van der Waals surface area (Å²) in [5.41, 5.74) is 5.35. The minimum absolute atomic E-state index is 0.0399. The summed E-state index contributed by atoms with van der Waals surface area (Å²) in [6.07, 6.45) is -0.174. The van der Waals surface area contributed by atoms with Crippen LogP contribution in [0.4, 0.5) is 0 Å². The SMILES string of the molecule is CCC(=O)OC[C@H](C)NC(=O)[C@H](N)CC(=O)O. The first kappa shape index (κ1) is 15.4. The number of nitrogens with one attached hydrogen (secondary N) is 1. The first-order chi connectivity index (χ1) is 7.86. The third-order valence-corrected chi connectivity index (χ3v) is 1.90. The maximum absolute atomic E-state index is 11.4. The number of carboxylic acids is 1. The van der Waals surface area contributed by atoms with Gasteiger partial charge < -0.3 is 20.9 Å². The average Bonchev–Trinajstić information content (AvgIpc) is 2.24. The zero-order chi connectivity index (χ0) is 13.4. The fourth-order valence-electron chi connectivity index (χ4n) is 0.992. The second-order valence-electron chi connectivity index (χ2n) is 3.65. The predicted octanol–water partition coefficient (Wildman–Crippen LogP) is -0.754. The highest BCUT2D eigenvalue weighted by Gasteiger charge is 2.19. The molecule has 0 saturated heterocycles. The Balaban J connectivity index is 3.94. The van der Waals surface area contributed by atoms with Crippen LogP contribution in [0.15, 0.2) is 0 Å². The number of carbonyl (C=O) groups is 3. The summed E-state index contributed by atoms with van der Waals surface area (Å²) in [6, 6.07) is -1.50. The molecule has 0 unspecified atom stereocenters. The van der Waals surface area contributed by atoms with E-state index in [-0.39, 0.29) is 19.0 Å². The first-order valence-electron chi connectivity index (χ1n) is 5.30. The van der Waals surface area contributed by atoms with E-state index in [4.69, 9.17) is 15.6 Å². The van der Waals surface area contributed by atoms with E-state index in [2.05, 4.69) is 5.32 Å². The maximum Gasteiger partial charge on any atom is 0.305 e. The van der Waals surface area contributed by atoms with Gasteiger partial charge in [0.1, 0.15) is 6.61 Å². The fraction of sp³-hybridized carbons (Fsp3) is 0.700. The van der Waals surface area contributed by atoms with Crippen molar-refractivity contribution < 1.29 is 24.2 Å². The zero-order valence-electron chi connectivity index (χ0n) is 9.93. The number of rotatable bonds is 7. The Morgan fingerprint density at radius 3 is 2.47 bits per heavy atom. The molecule has 0 saturated carbocycles. The van der Waals surface area contributed by atoms with Crippen molar-refractivity contribution in [2.75, 3.05) is 6.61 Å². The van der Waals surface area contributed by atoms with Crippen LogP contribution in [0.3, 0.4) is 0 Å². The molecule has 0 rings (SSSR count). The summed E-state index contributed by atoms with van der Waals surface area (Å²) < 4.78 is 4.80. The van der Waals surface area contributed by atoms with Gasteiger partial charge >= 0.3 is 11.9 Å². The van der Waals surface area contributed by atoms with Crippen LogP contribution in [0.5, 0.6) is 0 Å². The molecule has 0 fully saturated rings. The molecule has 0 aliphatic rings. The molecule has 0 radical (unpaired) electrons. The topological polar surface area (TPSA) is 119 Å². The lowest BCUT2D eigenvalue weighted by Gasteiger charge is -2.16. The standard InChI is InChI=1S/C10H18N2O5/c1-3-9(15)17-5-6(2)12-10(16)7(11)4-8(13)14/h6-7H,3-5,11H2,1-2H3,(H,12,16)(H,13,14)/t6-,7+/m0/s1. The van der Waals surface area contributed by atoms with Crippen LogP contribution < -0.4 is 11.1 Å². The number of aliphatic carboxylic acids is 1. The molecule has 0 aliphatic heterocycles. The number of carbonyl (C=O) groups excluding carboxylic acids is 2.